The van der Waals surface area contributed by atoms with E-state index in [-0.39, 0.29) is 17.9 Å². The normalized spacial score (nSPS) is 24.9. The Hall–Kier alpha value is -2.55. The molecule has 1 aliphatic carbocycles. The van der Waals surface area contributed by atoms with Crippen LogP contribution < -0.4 is 0 Å². The molecular formula is C22H25F3N4O2. The molecule has 5 rings (SSSR count). The number of piperidine rings is 1. The van der Waals surface area contributed by atoms with E-state index in [1.807, 2.05) is 0 Å². The molecule has 2 unspecified atom stereocenters. The Balaban J connectivity index is 1.38. The molecule has 3 fully saturated rings. The number of hydrogen-bond acceptors (Lipinski definition) is 3. The van der Waals surface area contributed by atoms with Gasteiger partial charge in [-0.25, -0.2) is 4.79 Å². The first-order valence-electron chi connectivity index (χ1n) is 10.7. The highest BCUT2D eigenvalue weighted by Gasteiger charge is 2.39. The number of amides is 2. The summed E-state index contributed by atoms with van der Waals surface area (Å²) in [5, 5.41) is 17.2. The summed E-state index contributed by atoms with van der Waals surface area (Å²) in [6, 6.07) is 7.20. The number of aromatic amines is 1. The molecule has 1 saturated carbocycles. The predicted molar refractivity (Wildman–Crippen MR) is 107 cm³/mol. The Labute approximate surface area is 178 Å². The third kappa shape index (κ3) is 4.15. The molecule has 3 aliphatic rings. The van der Waals surface area contributed by atoms with Gasteiger partial charge in [0.25, 0.3) is 0 Å². The second-order valence-corrected chi connectivity index (χ2v) is 9.02. The lowest BCUT2D eigenvalue weighted by molar-refractivity contribution is -0.137. The van der Waals surface area contributed by atoms with Crippen LogP contribution in [0.15, 0.2) is 30.3 Å². The van der Waals surface area contributed by atoms with Crippen LogP contribution in [0.3, 0.4) is 0 Å². The van der Waals surface area contributed by atoms with E-state index >= 15 is 0 Å². The van der Waals surface area contributed by atoms with Gasteiger partial charge in [-0.3, -0.25) is 5.10 Å². The van der Waals surface area contributed by atoms with Gasteiger partial charge in [0, 0.05) is 36.5 Å². The second kappa shape index (κ2) is 7.55. The minimum absolute atomic E-state index is 0.0000531. The number of alkyl halides is 3. The van der Waals surface area contributed by atoms with Crippen LogP contribution in [0.5, 0.6) is 0 Å². The Kier molecular flexibility index (Phi) is 4.96. The SMILES string of the molecule is O=C(N1CC(O)C1)N1CC(c2ccc(C(F)(F)F)cc2)CC(c2cc(C3CC3)[nH]n2)C1. The number of hydrogen-bond donors (Lipinski definition) is 2. The zero-order chi connectivity index (χ0) is 21.8. The van der Waals surface area contributed by atoms with Crippen molar-refractivity contribution in [2.45, 2.75) is 49.3 Å². The average molecular weight is 434 g/mol. The average Bonchev–Trinajstić information content (AvgIpc) is 3.46. The lowest BCUT2D eigenvalue weighted by Gasteiger charge is -2.43. The van der Waals surface area contributed by atoms with E-state index in [2.05, 4.69) is 16.3 Å². The molecule has 0 bridgehead atoms. The van der Waals surface area contributed by atoms with Crippen LogP contribution in [-0.4, -0.2) is 63.4 Å². The molecule has 9 heteroatoms. The van der Waals surface area contributed by atoms with Crippen LogP contribution in [-0.2, 0) is 6.18 Å². The molecule has 2 saturated heterocycles. The van der Waals surface area contributed by atoms with Crippen molar-refractivity contribution in [3.05, 3.63) is 52.8 Å². The fraction of sp³-hybridized carbons (Fsp3) is 0.545. The van der Waals surface area contributed by atoms with Gasteiger partial charge in [-0.15, -0.1) is 0 Å². The molecule has 31 heavy (non-hydrogen) atoms. The van der Waals surface area contributed by atoms with E-state index in [1.165, 1.54) is 12.1 Å². The molecule has 2 aliphatic heterocycles. The molecular weight excluding hydrogens is 409 g/mol. The molecule has 0 spiro atoms. The first-order chi connectivity index (χ1) is 14.8. The molecule has 1 aromatic heterocycles. The highest BCUT2D eigenvalue weighted by atomic mass is 19.4. The number of benzene rings is 1. The molecule has 2 atom stereocenters. The summed E-state index contributed by atoms with van der Waals surface area (Å²) >= 11 is 0. The van der Waals surface area contributed by atoms with Crippen LogP contribution in [0.4, 0.5) is 18.0 Å². The lowest BCUT2D eigenvalue weighted by Crippen LogP contribution is -2.59. The Bertz CT molecular complexity index is 948. The van der Waals surface area contributed by atoms with Crippen LogP contribution in [0.1, 0.15) is 59.5 Å². The van der Waals surface area contributed by atoms with Crippen molar-refractivity contribution in [1.82, 2.24) is 20.0 Å². The third-order valence-corrected chi connectivity index (χ3v) is 6.62. The van der Waals surface area contributed by atoms with Gasteiger partial charge in [0.15, 0.2) is 0 Å². The van der Waals surface area contributed by atoms with E-state index in [1.54, 1.807) is 9.80 Å². The molecule has 3 heterocycles. The van der Waals surface area contributed by atoms with E-state index < -0.39 is 17.8 Å². The van der Waals surface area contributed by atoms with Crippen LogP contribution in [0.2, 0.25) is 0 Å². The van der Waals surface area contributed by atoms with E-state index in [0.29, 0.717) is 38.5 Å². The zero-order valence-corrected chi connectivity index (χ0v) is 17.0. The van der Waals surface area contributed by atoms with Crippen LogP contribution in [0.25, 0.3) is 0 Å². The lowest BCUT2D eigenvalue weighted by atomic mass is 9.82. The Morgan fingerprint density at radius 2 is 1.65 bits per heavy atom. The van der Waals surface area contributed by atoms with Crippen molar-refractivity contribution in [1.29, 1.82) is 0 Å². The maximum Gasteiger partial charge on any atom is 0.416 e. The molecule has 2 aromatic rings. The first-order valence-corrected chi connectivity index (χ1v) is 10.7. The maximum absolute atomic E-state index is 13.0. The van der Waals surface area contributed by atoms with E-state index in [4.69, 9.17) is 0 Å². The summed E-state index contributed by atoms with van der Waals surface area (Å²) in [4.78, 5) is 16.3. The van der Waals surface area contributed by atoms with Crippen molar-refractivity contribution in [3.8, 4) is 0 Å². The van der Waals surface area contributed by atoms with E-state index in [9.17, 15) is 23.1 Å². The standard InChI is InChI=1S/C22H25F3N4O2/c23-22(24,25)17-5-3-13(4-6-17)15-7-16(20-8-19(26-27-20)14-1-2-14)10-28(9-15)21(31)29-11-18(30)12-29/h3-6,8,14-16,18,30H,1-2,7,9-12H2,(H,26,27). The first kappa shape index (κ1) is 20.4. The fourth-order valence-corrected chi connectivity index (χ4v) is 4.63. The predicted octanol–water partition coefficient (Wildman–Crippen LogP) is 3.68. The Morgan fingerprint density at radius 3 is 2.26 bits per heavy atom. The van der Waals surface area contributed by atoms with Crippen molar-refractivity contribution in [3.63, 3.8) is 0 Å². The highest BCUT2D eigenvalue weighted by Crippen LogP contribution is 2.42. The zero-order valence-electron chi connectivity index (χ0n) is 17.0. The molecule has 6 nitrogen and oxygen atoms in total. The number of nitrogens with zero attached hydrogens (tertiary/aromatic N) is 3. The number of nitrogens with one attached hydrogen (secondary N) is 1. The van der Waals surface area contributed by atoms with Gasteiger partial charge in [-0.1, -0.05) is 12.1 Å². The number of likely N-dealkylation sites (tertiary alicyclic amines) is 2. The van der Waals surface area contributed by atoms with Gasteiger partial charge in [0.1, 0.15) is 0 Å². The smallest absolute Gasteiger partial charge is 0.389 e. The fourth-order valence-electron chi connectivity index (χ4n) is 4.63. The summed E-state index contributed by atoms with van der Waals surface area (Å²) in [6.45, 7) is 1.59. The van der Waals surface area contributed by atoms with Gasteiger partial charge in [-0.2, -0.15) is 18.3 Å². The number of carbonyl (C=O) groups is 1. The highest BCUT2D eigenvalue weighted by molar-refractivity contribution is 5.75. The van der Waals surface area contributed by atoms with Gasteiger partial charge in [0.05, 0.1) is 30.5 Å². The minimum Gasteiger partial charge on any atom is -0.389 e. The number of rotatable bonds is 3. The number of aromatic nitrogens is 2. The quantitative estimate of drug-likeness (QED) is 0.774. The Morgan fingerprint density at radius 1 is 1.00 bits per heavy atom. The topological polar surface area (TPSA) is 72.5 Å². The van der Waals surface area contributed by atoms with Crippen molar-refractivity contribution >= 4 is 6.03 Å². The monoisotopic (exact) mass is 434 g/mol. The largest absolute Gasteiger partial charge is 0.416 e. The number of aliphatic hydroxyl groups excluding tert-OH is 1. The third-order valence-electron chi connectivity index (χ3n) is 6.62. The van der Waals surface area contributed by atoms with Crippen LogP contribution >= 0.6 is 0 Å². The molecule has 0 radical (unpaired) electrons. The maximum atomic E-state index is 13.0. The number of halogens is 3. The van der Waals surface area contributed by atoms with Gasteiger partial charge >= 0.3 is 12.2 Å². The van der Waals surface area contributed by atoms with E-state index in [0.717, 1.165) is 41.9 Å². The summed E-state index contributed by atoms with van der Waals surface area (Å²) in [6.07, 6.45) is -1.83. The van der Waals surface area contributed by atoms with Crippen molar-refractivity contribution < 1.29 is 23.1 Å². The van der Waals surface area contributed by atoms with Crippen molar-refractivity contribution in [2.75, 3.05) is 26.2 Å². The summed E-state index contributed by atoms with van der Waals surface area (Å²) < 4.78 is 38.9. The van der Waals surface area contributed by atoms with Crippen molar-refractivity contribution in [2.24, 2.45) is 0 Å². The number of aliphatic hydroxyl groups is 1. The number of urea groups is 1. The van der Waals surface area contributed by atoms with Gasteiger partial charge < -0.3 is 14.9 Å². The number of carbonyl (C=O) groups excluding carboxylic acids is 1. The van der Waals surface area contributed by atoms with Gasteiger partial charge in [-0.05, 0) is 43.0 Å². The molecule has 166 valence electrons. The number of β-amino-alcohol motifs (C(OH)–C–C–N with tert-alkyl or cyclic N) is 1. The minimum atomic E-state index is -4.37. The van der Waals surface area contributed by atoms with Gasteiger partial charge in [0.2, 0.25) is 0 Å². The summed E-state index contributed by atoms with van der Waals surface area (Å²) in [5.41, 5.74) is 2.14. The molecule has 2 N–H and O–H groups in total. The number of H-pyrrole nitrogens is 1. The molecule has 2 amide bonds. The molecule has 1 aromatic carbocycles. The van der Waals surface area contributed by atoms with Crippen LogP contribution in [0, 0.1) is 0 Å². The summed E-state index contributed by atoms with van der Waals surface area (Å²) in [5.74, 6) is 0.452. The summed E-state index contributed by atoms with van der Waals surface area (Å²) in [7, 11) is 0. The second-order valence-electron chi connectivity index (χ2n) is 9.02.